The Morgan fingerprint density at radius 3 is 3.14 bits per heavy atom. The predicted molar refractivity (Wildman–Crippen MR) is 58.5 cm³/mol. The van der Waals surface area contributed by atoms with Gasteiger partial charge in [0.05, 0.1) is 0 Å². The SMILES string of the molecule is Cc1ccc(NCC2CCCN2)nc1. The summed E-state index contributed by atoms with van der Waals surface area (Å²) in [6.45, 7) is 4.19. The summed E-state index contributed by atoms with van der Waals surface area (Å²) >= 11 is 0. The fourth-order valence-electron chi connectivity index (χ4n) is 1.73. The molecule has 0 bridgehead atoms. The second-order valence-electron chi connectivity index (χ2n) is 3.89. The van der Waals surface area contributed by atoms with Crippen molar-refractivity contribution in [2.75, 3.05) is 18.4 Å². The van der Waals surface area contributed by atoms with E-state index in [9.17, 15) is 0 Å². The lowest BCUT2D eigenvalue weighted by molar-refractivity contribution is 0.632. The van der Waals surface area contributed by atoms with Crippen molar-refractivity contribution in [1.82, 2.24) is 10.3 Å². The number of hydrogen-bond donors (Lipinski definition) is 2. The maximum atomic E-state index is 4.30. The molecule has 0 aromatic carbocycles. The van der Waals surface area contributed by atoms with Gasteiger partial charge in [-0.1, -0.05) is 6.07 Å². The molecule has 14 heavy (non-hydrogen) atoms. The molecular weight excluding hydrogens is 174 g/mol. The third-order valence-electron chi connectivity index (χ3n) is 2.60. The number of nitrogens with one attached hydrogen (secondary N) is 2. The van der Waals surface area contributed by atoms with Crippen LogP contribution in [0, 0.1) is 6.92 Å². The third-order valence-corrected chi connectivity index (χ3v) is 2.60. The molecule has 1 aromatic heterocycles. The van der Waals surface area contributed by atoms with Gasteiger partial charge in [0.2, 0.25) is 0 Å². The molecule has 1 aromatic rings. The molecular formula is C11H17N3. The number of anilines is 1. The number of rotatable bonds is 3. The monoisotopic (exact) mass is 191 g/mol. The van der Waals surface area contributed by atoms with Crippen LogP contribution in [0.25, 0.3) is 0 Å². The Morgan fingerprint density at radius 2 is 2.50 bits per heavy atom. The molecule has 3 nitrogen and oxygen atoms in total. The molecule has 0 saturated carbocycles. The molecule has 0 aliphatic carbocycles. The molecule has 1 aliphatic rings. The normalized spacial score (nSPS) is 21.1. The molecule has 2 heterocycles. The minimum atomic E-state index is 0.623. The van der Waals surface area contributed by atoms with Crippen LogP contribution in [0.2, 0.25) is 0 Å². The van der Waals surface area contributed by atoms with Crippen molar-refractivity contribution < 1.29 is 0 Å². The third kappa shape index (κ3) is 2.45. The Balaban J connectivity index is 1.82. The zero-order valence-corrected chi connectivity index (χ0v) is 8.59. The maximum absolute atomic E-state index is 4.30. The highest BCUT2D eigenvalue weighted by Gasteiger charge is 2.12. The second kappa shape index (κ2) is 4.42. The number of aromatic nitrogens is 1. The molecule has 1 unspecified atom stereocenters. The molecule has 3 heteroatoms. The summed E-state index contributed by atoms with van der Waals surface area (Å²) in [4.78, 5) is 4.30. The Hall–Kier alpha value is -1.09. The molecule has 1 fully saturated rings. The van der Waals surface area contributed by atoms with E-state index in [2.05, 4.69) is 28.6 Å². The van der Waals surface area contributed by atoms with Crippen molar-refractivity contribution in [2.45, 2.75) is 25.8 Å². The molecule has 0 radical (unpaired) electrons. The van der Waals surface area contributed by atoms with Crippen molar-refractivity contribution >= 4 is 5.82 Å². The van der Waals surface area contributed by atoms with E-state index in [-0.39, 0.29) is 0 Å². The summed E-state index contributed by atoms with van der Waals surface area (Å²) < 4.78 is 0. The van der Waals surface area contributed by atoms with Gasteiger partial charge in [-0.25, -0.2) is 4.98 Å². The lowest BCUT2D eigenvalue weighted by Crippen LogP contribution is -2.29. The largest absolute Gasteiger partial charge is 0.369 e. The van der Waals surface area contributed by atoms with Crippen LogP contribution in [-0.4, -0.2) is 24.1 Å². The van der Waals surface area contributed by atoms with E-state index in [0.717, 1.165) is 18.9 Å². The van der Waals surface area contributed by atoms with Crippen LogP contribution < -0.4 is 10.6 Å². The molecule has 2 N–H and O–H groups in total. The molecule has 1 aliphatic heterocycles. The summed E-state index contributed by atoms with van der Waals surface area (Å²) in [7, 11) is 0. The second-order valence-corrected chi connectivity index (χ2v) is 3.89. The molecule has 0 spiro atoms. The van der Waals surface area contributed by atoms with Gasteiger partial charge in [-0.15, -0.1) is 0 Å². The van der Waals surface area contributed by atoms with Gasteiger partial charge in [-0.2, -0.15) is 0 Å². The van der Waals surface area contributed by atoms with Crippen LogP contribution in [0.5, 0.6) is 0 Å². The highest BCUT2D eigenvalue weighted by Crippen LogP contribution is 2.07. The quantitative estimate of drug-likeness (QED) is 0.761. The standard InChI is InChI=1S/C11H17N3/c1-9-4-5-11(13-7-9)14-8-10-3-2-6-12-10/h4-5,7,10,12H,2-3,6,8H2,1H3,(H,13,14). The zero-order chi connectivity index (χ0) is 9.80. The number of pyridine rings is 1. The van der Waals surface area contributed by atoms with Gasteiger partial charge >= 0.3 is 0 Å². The van der Waals surface area contributed by atoms with E-state index in [4.69, 9.17) is 0 Å². The first-order chi connectivity index (χ1) is 6.84. The van der Waals surface area contributed by atoms with Crippen LogP contribution in [0.15, 0.2) is 18.3 Å². The molecule has 2 rings (SSSR count). The summed E-state index contributed by atoms with van der Waals surface area (Å²) in [5.41, 5.74) is 1.20. The van der Waals surface area contributed by atoms with Crippen LogP contribution in [0.3, 0.4) is 0 Å². The van der Waals surface area contributed by atoms with Crippen LogP contribution in [0.4, 0.5) is 5.82 Å². The van der Waals surface area contributed by atoms with E-state index >= 15 is 0 Å². The zero-order valence-electron chi connectivity index (χ0n) is 8.59. The van der Waals surface area contributed by atoms with Gasteiger partial charge in [0.15, 0.2) is 0 Å². The fraction of sp³-hybridized carbons (Fsp3) is 0.545. The van der Waals surface area contributed by atoms with Gasteiger partial charge in [0, 0.05) is 18.8 Å². The average molecular weight is 191 g/mol. The van der Waals surface area contributed by atoms with Crippen LogP contribution >= 0.6 is 0 Å². The summed E-state index contributed by atoms with van der Waals surface area (Å²) in [6, 6.07) is 4.74. The van der Waals surface area contributed by atoms with Crippen molar-refractivity contribution in [3.63, 3.8) is 0 Å². The topological polar surface area (TPSA) is 37.0 Å². The first-order valence-electron chi connectivity index (χ1n) is 5.24. The predicted octanol–water partition coefficient (Wildman–Crippen LogP) is 1.55. The van der Waals surface area contributed by atoms with Crippen molar-refractivity contribution in [3.8, 4) is 0 Å². The summed E-state index contributed by atoms with van der Waals surface area (Å²) in [5.74, 6) is 0.976. The Bertz CT molecular complexity index is 275. The lowest BCUT2D eigenvalue weighted by atomic mass is 10.2. The van der Waals surface area contributed by atoms with Crippen molar-refractivity contribution in [2.24, 2.45) is 0 Å². The van der Waals surface area contributed by atoms with Gasteiger partial charge in [-0.3, -0.25) is 0 Å². The van der Waals surface area contributed by atoms with E-state index in [1.54, 1.807) is 0 Å². The van der Waals surface area contributed by atoms with Gasteiger partial charge in [0.1, 0.15) is 5.82 Å². The Labute approximate surface area is 84.9 Å². The van der Waals surface area contributed by atoms with Gasteiger partial charge < -0.3 is 10.6 Å². The minimum Gasteiger partial charge on any atom is -0.369 e. The molecule has 0 amide bonds. The number of nitrogens with zero attached hydrogens (tertiary/aromatic N) is 1. The Morgan fingerprint density at radius 1 is 1.57 bits per heavy atom. The molecule has 1 atom stereocenters. The smallest absolute Gasteiger partial charge is 0.125 e. The molecule has 76 valence electrons. The van der Waals surface area contributed by atoms with Crippen LogP contribution in [-0.2, 0) is 0 Å². The first kappa shape index (κ1) is 9.46. The van der Waals surface area contributed by atoms with E-state index in [1.165, 1.54) is 18.4 Å². The van der Waals surface area contributed by atoms with Crippen LogP contribution in [0.1, 0.15) is 18.4 Å². The minimum absolute atomic E-state index is 0.623. The van der Waals surface area contributed by atoms with Gasteiger partial charge in [0.25, 0.3) is 0 Å². The summed E-state index contributed by atoms with van der Waals surface area (Å²) in [6.07, 6.45) is 4.47. The van der Waals surface area contributed by atoms with E-state index in [1.807, 2.05) is 12.3 Å². The van der Waals surface area contributed by atoms with E-state index in [0.29, 0.717) is 6.04 Å². The highest BCUT2D eigenvalue weighted by atomic mass is 15.0. The van der Waals surface area contributed by atoms with E-state index < -0.39 is 0 Å². The lowest BCUT2D eigenvalue weighted by Gasteiger charge is -2.11. The highest BCUT2D eigenvalue weighted by molar-refractivity contribution is 5.35. The van der Waals surface area contributed by atoms with Crippen molar-refractivity contribution in [3.05, 3.63) is 23.9 Å². The maximum Gasteiger partial charge on any atom is 0.125 e. The van der Waals surface area contributed by atoms with Crippen molar-refractivity contribution in [1.29, 1.82) is 0 Å². The van der Waals surface area contributed by atoms with Gasteiger partial charge in [-0.05, 0) is 37.9 Å². The first-order valence-corrected chi connectivity index (χ1v) is 5.24. The molecule has 1 saturated heterocycles. The number of aryl methyl sites for hydroxylation is 1. The number of hydrogen-bond acceptors (Lipinski definition) is 3. The Kier molecular flexibility index (Phi) is 2.99. The average Bonchev–Trinajstić information content (AvgIpc) is 2.70. The fourth-order valence-corrected chi connectivity index (χ4v) is 1.73. The summed E-state index contributed by atoms with van der Waals surface area (Å²) in [5, 5.41) is 6.79.